The smallest absolute Gasteiger partial charge is 0.413 e. The van der Waals surface area contributed by atoms with Crippen LogP contribution in [0.15, 0.2) is 36.0 Å². The maximum atomic E-state index is 12.2. The van der Waals surface area contributed by atoms with Gasteiger partial charge in [0.25, 0.3) is 0 Å². The first-order chi connectivity index (χ1) is 13.1. The van der Waals surface area contributed by atoms with E-state index in [1.165, 1.54) is 16.7 Å². The topological polar surface area (TPSA) is 96.5 Å². The fourth-order valence-corrected chi connectivity index (χ4v) is 3.12. The van der Waals surface area contributed by atoms with Gasteiger partial charge >= 0.3 is 6.09 Å². The van der Waals surface area contributed by atoms with Crippen LogP contribution in [0.1, 0.15) is 34.6 Å². The molecule has 3 aromatic rings. The fourth-order valence-electron chi connectivity index (χ4n) is 2.76. The summed E-state index contributed by atoms with van der Waals surface area (Å²) >= 11 is 1.45. The van der Waals surface area contributed by atoms with E-state index in [-0.39, 0.29) is 5.41 Å². The number of amides is 1. The summed E-state index contributed by atoms with van der Waals surface area (Å²) in [6, 6.07) is 1.80. The van der Waals surface area contributed by atoms with E-state index in [0.717, 1.165) is 5.69 Å². The van der Waals surface area contributed by atoms with Gasteiger partial charge < -0.3 is 5.11 Å². The molecule has 0 radical (unpaired) electrons. The Kier molecular flexibility index (Phi) is 5.05. The maximum Gasteiger partial charge on any atom is 0.413 e. The SMILES string of the molecule is CSc1nccc(-c2cnc3c(N(C(=O)O)C(C)(C)C(C)(C)C)nccn23)n1. The molecular weight excluding hydrogens is 376 g/mol. The molecule has 0 atom stereocenters. The Morgan fingerprint density at radius 2 is 1.86 bits per heavy atom. The first-order valence-electron chi connectivity index (χ1n) is 8.80. The number of thioether (sulfide) groups is 1. The van der Waals surface area contributed by atoms with Gasteiger partial charge in [-0.2, -0.15) is 0 Å². The predicted octanol–water partition coefficient (Wildman–Crippen LogP) is 4.22. The zero-order valence-corrected chi connectivity index (χ0v) is 17.7. The molecule has 0 aromatic carbocycles. The van der Waals surface area contributed by atoms with Crippen molar-refractivity contribution in [3.8, 4) is 11.4 Å². The molecule has 0 fully saturated rings. The highest BCUT2D eigenvalue weighted by Gasteiger charge is 2.43. The second-order valence-corrected chi connectivity index (χ2v) is 8.72. The molecule has 28 heavy (non-hydrogen) atoms. The van der Waals surface area contributed by atoms with Crippen LogP contribution >= 0.6 is 11.8 Å². The van der Waals surface area contributed by atoms with Crippen molar-refractivity contribution in [2.24, 2.45) is 5.41 Å². The van der Waals surface area contributed by atoms with Gasteiger partial charge in [0, 0.05) is 18.6 Å². The van der Waals surface area contributed by atoms with Crippen LogP contribution in [0, 0.1) is 5.41 Å². The van der Waals surface area contributed by atoms with E-state index in [4.69, 9.17) is 0 Å². The summed E-state index contributed by atoms with van der Waals surface area (Å²) in [5.74, 6) is 0.292. The lowest BCUT2D eigenvalue weighted by molar-refractivity contribution is 0.166. The monoisotopic (exact) mass is 400 g/mol. The van der Waals surface area contributed by atoms with Crippen molar-refractivity contribution in [1.29, 1.82) is 0 Å². The molecule has 0 aliphatic carbocycles. The van der Waals surface area contributed by atoms with E-state index < -0.39 is 11.6 Å². The van der Waals surface area contributed by atoms with Crippen LogP contribution in [0.3, 0.4) is 0 Å². The van der Waals surface area contributed by atoms with Crippen molar-refractivity contribution in [2.45, 2.75) is 45.3 Å². The summed E-state index contributed by atoms with van der Waals surface area (Å²) in [5.41, 5.74) is 0.869. The molecule has 0 bridgehead atoms. The quantitative estimate of drug-likeness (QED) is 0.517. The number of hydrogen-bond donors (Lipinski definition) is 1. The first kappa shape index (κ1) is 20.1. The van der Waals surface area contributed by atoms with E-state index >= 15 is 0 Å². The molecule has 8 nitrogen and oxygen atoms in total. The molecule has 9 heteroatoms. The second kappa shape index (κ2) is 7.05. The van der Waals surface area contributed by atoms with Crippen molar-refractivity contribution in [1.82, 2.24) is 24.3 Å². The average Bonchev–Trinajstić information content (AvgIpc) is 3.05. The van der Waals surface area contributed by atoms with Crippen LogP contribution in [0.25, 0.3) is 17.0 Å². The average molecular weight is 401 g/mol. The van der Waals surface area contributed by atoms with E-state index in [1.54, 1.807) is 30.9 Å². The Hall–Kier alpha value is -2.68. The molecule has 0 aliphatic rings. The number of carbonyl (C=O) groups is 1. The minimum Gasteiger partial charge on any atom is -0.465 e. The summed E-state index contributed by atoms with van der Waals surface area (Å²) in [6.07, 6.45) is 7.55. The molecule has 1 amide bonds. The van der Waals surface area contributed by atoms with Crippen LogP contribution in [0.2, 0.25) is 0 Å². The molecule has 3 rings (SSSR count). The third kappa shape index (κ3) is 3.30. The molecule has 0 spiro atoms. The number of aromatic nitrogens is 5. The fraction of sp³-hybridized carbons (Fsp3) is 0.421. The molecular formula is C19H24N6O2S. The highest BCUT2D eigenvalue weighted by molar-refractivity contribution is 7.98. The Bertz CT molecular complexity index is 1020. The number of anilines is 1. The van der Waals surface area contributed by atoms with Gasteiger partial charge in [-0.1, -0.05) is 32.5 Å². The van der Waals surface area contributed by atoms with Crippen LogP contribution < -0.4 is 4.90 Å². The Balaban J connectivity index is 2.21. The lowest BCUT2D eigenvalue weighted by Gasteiger charge is -2.45. The molecule has 0 unspecified atom stereocenters. The Labute approximate surface area is 168 Å². The summed E-state index contributed by atoms with van der Waals surface area (Å²) in [5, 5.41) is 10.7. The highest BCUT2D eigenvalue weighted by atomic mass is 32.2. The molecule has 3 aromatic heterocycles. The molecule has 148 valence electrons. The van der Waals surface area contributed by atoms with Crippen molar-refractivity contribution in [3.05, 3.63) is 30.9 Å². The van der Waals surface area contributed by atoms with Gasteiger partial charge in [0.1, 0.15) is 0 Å². The number of nitrogens with zero attached hydrogens (tertiary/aromatic N) is 6. The van der Waals surface area contributed by atoms with Crippen molar-refractivity contribution >= 4 is 29.3 Å². The van der Waals surface area contributed by atoms with E-state index in [0.29, 0.717) is 22.3 Å². The number of hydrogen-bond acceptors (Lipinski definition) is 6. The van der Waals surface area contributed by atoms with Crippen LogP contribution in [0.5, 0.6) is 0 Å². The zero-order valence-electron chi connectivity index (χ0n) is 16.8. The molecule has 1 N–H and O–H groups in total. The van der Waals surface area contributed by atoms with E-state index in [9.17, 15) is 9.90 Å². The summed E-state index contributed by atoms with van der Waals surface area (Å²) in [4.78, 5) is 31.1. The highest BCUT2D eigenvalue weighted by Crippen LogP contribution is 2.39. The Morgan fingerprint density at radius 1 is 1.14 bits per heavy atom. The summed E-state index contributed by atoms with van der Waals surface area (Å²) < 4.78 is 1.81. The number of imidazole rings is 1. The molecule has 0 saturated heterocycles. The van der Waals surface area contributed by atoms with Crippen molar-refractivity contribution in [2.75, 3.05) is 11.2 Å². The summed E-state index contributed by atoms with van der Waals surface area (Å²) in [7, 11) is 0. The number of carboxylic acid groups (broad SMARTS) is 1. The lowest BCUT2D eigenvalue weighted by Crippen LogP contribution is -2.56. The Morgan fingerprint density at radius 3 is 2.46 bits per heavy atom. The minimum absolute atomic E-state index is 0.292. The predicted molar refractivity (Wildman–Crippen MR) is 110 cm³/mol. The van der Waals surface area contributed by atoms with Gasteiger partial charge in [-0.05, 0) is 31.6 Å². The van der Waals surface area contributed by atoms with Gasteiger partial charge in [0.2, 0.25) is 0 Å². The molecule has 3 heterocycles. The third-order valence-electron chi connectivity index (χ3n) is 5.29. The van der Waals surface area contributed by atoms with Gasteiger partial charge in [-0.3, -0.25) is 9.30 Å². The zero-order chi connectivity index (χ0) is 20.7. The number of rotatable bonds is 4. The van der Waals surface area contributed by atoms with Crippen molar-refractivity contribution < 1.29 is 9.90 Å². The van der Waals surface area contributed by atoms with Crippen molar-refractivity contribution in [3.63, 3.8) is 0 Å². The lowest BCUT2D eigenvalue weighted by atomic mass is 9.75. The molecule has 0 saturated carbocycles. The van der Waals surface area contributed by atoms with Gasteiger partial charge in [0.15, 0.2) is 16.6 Å². The largest absolute Gasteiger partial charge is 0.465 e. The standard InChI is InChI=1S/C19H24N6O2S/c1-18(2,3)19(4,5)25(17(26)27)15-14-22-11-13(24(14)10-9-20-15)12-7-8-21-16(23-12)28-6/h7-11H,1-6H3,(H,26,27). The normalized spacial score (nSPS) is 12.4. The van der Waals surface area contributed by atoms with Gasteiger partial charge in [-0.15, -0.1) is 0 Å². The van der Waals surface area contributed by atoms with E-state index in [1.807, 2.05) is 45.3 Å². The number of fused-ring (bicyclic) bond motifs is 1. The maximum absolute atomic E-state index is 12.2. The van der Waals surface area contributed by atoms with Crippen LogP contribution in [-0.4, -0.2) is 47.3 Å². The van der Waals surface area contributed by atoms with Crippen LogP contribution in [0.4, 0.5) is 10.6 Å². The molecule has 0 aliphatic heterocycles. The summed E-state index contributed by atoms with van der Waals surface area (Å²) in [6.45, 7) is 9.80. The van der Waals surface area contributed by atoms with Gasteiger partial charge in [-0.25, -0.2) is 24.7 Å². The second-order valence-electron chi connectivity index (χ2n) is 7.94. The minimum atomic E-state index is -1.07. The van der Waals surface area contributed by atoms with Gasteiger partial charge in [0.05, 0.1) is 23.1 Å². The van der Waals surface area contributed by atoms with Crippen LogP contribution in [-0.2, 0) is 0 Å². The first-order valence-corrected chi connectivity index (χ1v) is 10.0. The third-order valence-corrected chi connectivity index (χ3v) is 5.85. The van der Waals surface area contributed by atoms with E-state index in [2.05, 4.69) is 19.9 Å².